The number of pyridine rings is 1. The van der Waals surface area contributed by atoms with Crippen molar-refractivity contribution < 1.29 is 14.3 Å². The van der Waals surface area contributed by atoms with Crippen molar-refractivity contribution in [1.82, 2.24) is 4.98 Å². The molecule has 6 atom stereocenters. The van der Waals surface area contributed by atoms with Crippen LogP contribution in [0.4, 0.5) is 0 Å². The van der Waals surface area contributed by atoms with Crippen molar-refractivity contribution in [1.29, 1.82) is 0 Å². The lowest BCUT2D eigenvalue weighted by Gasteiger charge is -2.57. The summed E-state index contributed by atoms with van der Waals surface area (Å²) in [6.45, 7) is 4.46. The summed E-state index contributed by atoms with van der Waals surface area (Å²) in [6, 6.07) is 56.4. The molecule has 0 bridgehead atoms. The van der Waals surface area contributed by atoms with Crippen LogP contribution >= 0.6 is 0 Å². The maximum Gasteiger partial charge on any atom is 0.176 e. The van der Waals surface area contributed by atoms with E-state index in [2.05, 4.69) is 146 Å². The van der Waals surface area contributed by atoms with Gasteiger partial charge in [0.2, 0.25) is 0 Å². The fourth-order valence-corrected chi connectivity index (χ4v) is 11.7. The molecule has 6 unspecified atom stereocenters. The molecule has 0 radical (unpaired) electrons. The van der Waals surface area contributed by atoms with Gasteiger partial charge in [0.1, 0.15) is 29.6 Å². The minimum Gasteiger partial charge on any atom is -0.508 e. The van der Waals surface area contributed by atoms with E-state index in [0.29, 0.717) is 11.8 Å². The third kappa shape index (κ3) is 4.91. The Hall–Kier alpha value is -5.97. The first-order chi connectivity index (χ1) is 27.6. The molecule has 8 aromatic rings. The lowest BCUT2D eigenvalue weighted by atomic mass is 9.84. The molecule has 1 aromatic heterocycles. The third-order valence-corrected chi connectivity index (χ3v) is 14.1. The molecule has 1 spiro atoms. The SMILES string of the molecule is CCC1C2CC(C(Oc3cc4ccccc4c4ccccc34)c3ccnc4ccc(O)cc34)[N+]3(Cc4cc(-c5ccccc5)ccc4-c4ccccc4)CCC123. The largest absolute Gasteiger partial charge is 0.508 e. The Morgan fingerprint density at radius 1 is 0.714 bits per heavy atom. The second-order valence-corrected chi connectivity index (χ2v) is 16.5. The highest BCUT2D eigenvalue weighted by molar-refractivity contribution is 6.10. The van der Waals surface area contributed by atoms with Gasteiger partial charge >= 0.3 is 0 Å². The van der Waals surface area contributed by atoms with Gasteiger partial charge in [0.05, 0.1) is 18.5 Å². The van der Waals surface area contributed by atoms with Crippen molar-refractivity contribution in [3.05, 3.63) is 175 Å². The van der Waals surface area contributed by atoms with Crippen LogP contribution in [-0.2, 0) is 6.54 Å². The summed E-state index contributed by atoms with van der Waals surface area (Å²) >= 11 is 0. The fraction of sp³-hybridized carbons (Fsp3) is 0.212. The highest BCUT2D eigenvalue weighted by Gasteiger charge is 2.87. The van der Waals surface area contributed by atoms with Crippen LogP contribution in [0, 0.1) is 11.8 Å². The summed E-state index contributed by atoms with van der Waals surface area (Å²) in [5, 5.41) is 16.6. The van der Waals surface area contributed by atoms with Crippen molar-refractivity contribution in [2.45, 2.75) is 50.4 Å². The molecule has 3 fully saturated rings. The summed E-state index contributed by atoms with van der Waals surface area (Å²) in [5.74, 6) is 2.53. The van der Waals surface area contributed by atoms with E-state index in [0.717, 1.165) is 51.6 Å². The summed E-state index contributed by atoms with van der Waals surface area (Å²) < 4.78 is 8.71. The van der Waals surface area contributed by atoms with Crippen LogP contribution in [0.25, 0.3) is 54.7 Å². The van der Waals surface area contributed by atoms with E-state index in [1.165, 1.54) is 56.8 Å². The smallest absolute Gasteiger partial charge is 0.176 e. The Bertz CT molecular complexity index is 2780. The van der Waals surface area contributed by atoms with Gasteiger partial charge in [0, 0.05) is 46.4 Å². The average molecular weight is 730 g/mol. The van der Waals surface area contributed by atoms with E-state index in [-0.39, 0.29) is 23.4 Å². The highest BCUT2D eigenvalue weighted by Crippen LogP contribution is 2.76. The van der Waals surface area contributed by atoms with Gasteiger partial charge in [-0.2, -0.15) is 0 Å². The number of benzene rings is 7. The van der Waals surface area contributed by atoms with Gasteiger partial charge in [0.25, 0.3) is 0 Å². The predicted octanol–water partition coefficient (Wildman–Crippen LogP) is 12.3. The van der Waals surface area contributed by atoms with Crippen LogP contribution in [0.15, 0.2) is 164 Å². The van der Waals surface area contributed by atoms with Crippen LogP contribution < -0.4 is 4.74 Å². The Morgan fingerprint density at radius 2 is 1.45 bits per heavy atom. The lowest BCUT2D eigenvalue weighted by molar-refractivity contribution is -1.03. The summed E-state index contributed by atoms with van der Waals surface area (Å²) in [7, 11) is 0. The number of phenols is 1. The molecule has 1 N–H and O–H groups in total. The van der Waals surface area contributed by atoms with Crippen molar-refractivity contribution in [2.24, 2.45) is 11.8 Å². The van der Waals surface area contributed by atoms with Crippen molar-refractivity contribution >= 4 is 32.4 Å². The molecular weight excluding hydrogens is 685 g/mol. The first-order valence-electron chi connectivity index (χ1n) is 20.3. The van der Waals surface area contributed by atoms with Gasteiger partial charge in [-0.05, 0) is 81.2 Å². The van der Waals surface area contributed by atoms with Gasteiger partial charge in [-0.1, -0.05) is 128 Å². The molecule has 7 aromatic carbocycles. The topological polar surface area (TPSA) is 42.4 Å². The predicted molar refractivity (Wildman–Crippen MR) is 227 cm³/mol. The molecule has 274 valence electrons. The molecule has 4 nitrogen and oxygen atoms in total. The number of phenolic OH excluding ortho intramolecular Hbond substituents is 1. The first-order valence-corrected chi connectivity index (χ1v) is 20.3. The van der Waals surface area contributed by atoms with Gasteiger partial charge in [-0.3, -0.25) is 4.98 Å². The van der Waals surface area contributed by atoms with Crippen LogP contribution in [0.3, 0.4) is 0 Å². The zero-order valence-corrected chi connectivity index (χ0v) is 31.7. The molecule has 3 aliphatic rings. The molecule has 2 saturated heterocycles. The molecule has 56 heavy (non-hydrogen) atoms. The molecule has 4 heteroatoms. The van der Waals surface area contributed by atoms with E-state index in [9.17, 15) is 5.11 Å². The Morgan fingerprint density at radius 3 is 2.21 bits per heavy atom. The van der Waals surface area contributed by atoms with Crippen LogP contribution in [0.1, 0.15) is 43.4 Å². The minimum atomic E-state index is -0.271. The Balaban J connectivity index is 1.12. The number of aromatic hydroxyl groups is 1. The highest BCUT2D eigenvalue weighted by atomic mass is 16.5. The standard InChI is InChI=1S/C52H44N2O2/c1-2-46-47-32-49(54(28-26-52(46,47)54)33-38-29-36(34-13-5-3-6-14-34)21-23-40(38)35-15-7-4-8-16-35)51(44-25-27-53-48-24-22-39(55)31-45(44)48)56-50-30-37-17-9-10-18-41(37)42-19-11-12-20-43(42)50/h3-25,27,29-31,46-47,49,51H,2,26,28,32-33H2,1H3/p+1. The quantitative estimate of drug-likeness (QED) is 0.119. The number of hydrogen-bond acceptors (Lipinski definition) is 3. The number of fused-ring (bicyclic) bond motifs is 4. The minimum absolute atomic E-state index is 0.193. The summed E-state index contributed by atoms with van der Waals surface area (Å²) in [6.07, 6.45) is 5.24. The molecule has 1 aliphatic carbocycles. The molecule has 2 aliphatic heterocycles. The number of rotatable bonds is 9. The van der Waals surface area contributed by atoms with Crippen LogP contribution in [0.5, 0.6) is 11.5 Å². The van der Waals surface area contributed by atoms with Crippen molar-refractivity contribution in [2.75, 3.05) is 6.54 Å². The summed E-state index contributed by atoms with van der Waals surface area (Å²) in [4.78, 5) is 4.78. The Kier molecular flexibility index (Phi) is 7.62. The molecule has 0 amide bonds. The molecular formula is C52H45N2O2+. The number of quaternary nitrogens is 1. The van der Waals surface area contributed by atoms with E-state index in [1.54, 1.807) is 6.07 Å². The number of ether oxygens (including phenoxy) is 1. The number of aromatic nitrogens is 1. The molecule has 1 saturated carbocycles. The van der Waals surface area contributed by atoms with E-state index in [1.807, 2.05) is 18.3 Å². The average Bonchev–Trinajstić information content (AvgIpc) is 3.89. The van der Waals surface area contributed by atoms with Gasteiger partial charge in [0.15, 0.2) is 6.10 Å². The zero-order valence-electron chi connectivity index (χ0n) is 31.7. The van der Waals surface area contributed by atoms with Crippen molar-refractivity contribution in [3.63, 3.8) is 0 Å². The van der Waals surface area contributed by atoms with Gasteiger partial charge < -0.3 is 14.3 Å². The summed E-state index contributed by atoms with van der Waals surface area (Å²) in [5.41, 5.74) is 8.69. The zero-order chi connectivity index (χ0) is 37.4. The number of nitrogens with zero attached hydrogens (tertiary/aromatic N) is 2. The lowest BCUT2D eigenvalue weighted by Crippen LogP contribution is -2.71. The van der Waals surface area contributed by atoms with E-state index < -0.39 is 0 Å². The second kappa shape index (κ2) is 12.8. The van der Waals surface area contributed by atoms with Gasteiger partial charge in [-0.15, -0.1) is 0 Å². The number of hydrogen-bond donors (Lipinski definition) is 1. The van der Waals surface area contributed by atoms with E-state index in [4.69, 9.17) is 9.72 Å². The van der Waals surface area contributed by atoms with Crippen LogP contribution in [-0.4, -0.2) is 32.7 Å². The van der Waals surface area contributed by atoms with E-state index >= 15 is 0 Å². The monoisotopic (exact) mass is 729 g/mol. The fourth-order valence-electron chi connectivity index (χ4n) is 11.7. The molecule has 3 heterocycles. The number of piperidine rings is 1. The maximum atomic E-state index is 10.9. The Labute approximate surface area is 328 Å². The third-order valence-electron chi connectivity index (χ3n) is 14.1. The normalized spacial score (nSPS) is 24.1. The van der Waals surface area contributed by atoms with Gasteiger partial charge in [-0.25, -0.2) is 0 Å². The van der Waals surface area contributed by atoms with Crippen molar-refractivity contribution in [3.8, 4) is 33.8 Å². The van der Waals surface area contributed by atoms with Crippen LogP contribution in [0.2, 0.25) is 0 Å². The second-order valence-electron chi connectivity index (χ2n) is 16.5. The molecule has 11 rings (SSSR count). The maximum absolute atomic E-state index is 10.9. The first kappa shape index (κ1) is 33.4.